The van der Waals surface area contributed by atoms with E-state index < -0.39 is 11.9 Å². The third-order valence-corrected chi connectivity index (χ3v) is 4.23. The van der Waals surface area contributed by atoms with E-state index in [-0.39, 0.29) is 11.8 Å². The summed E-state index contributed by atoms with van der Waals surface area (Å²) in [4.78, 5) is 25.2. The van der Waals surface area contributed by atoms with E-state index in [0.717, 1.165) is 6.54 Å². The average molecular weight is 251 g/mol. The quantitative estimate of drug-likeness (QED) is 0.775. The van der Waals surface area contributed by atoms with Gasteiger partial charge < -0.3 is 10.0 Å². The summed E-state index contributed by atoms with van der Waals surface area (Å²) in [5.41, 5.74) is 0. The standard InChI is InChI=1S/C14H21NO3/c1-9-7-10(9)8-15(2)13(16)11-5-3-4-6-12(11)14(17)18/h3-4,9-12H,5-8H2,1-2H3,(H,17,18)/t9?,10?,11-,12+/m1/s1. The topological polar surface area (TPSA) is 57.6 Å². The number of hydrogen-bond acceptors (Lipinski definition) is 2. The van der Waals surface area contributed by atoms with Crippen LogP contribution in [0.3, 0.4) is 0 Å². The number of nitrogens with zero attached hydrogens (tertiary/aromatic N) is 1. The van der Waals surface area contributed by atoms with Crippen LogP contribution >= 0.6 is 0 Å². The maximum Gasteiger partial charge on any atom is 0.307 e. The Morgan fingerprint density at radius 1 is 1.28 bits per heavy atom. The summed E-state index contributed by atoms with van der Waals surface area (Å²) in [7, 11) is 1.80. The minimum Gasteiger partial charge on any atom is -0.481 e. The van der Waals surface area contributed by atoms with Crippen LogP contribution in [0.25, 0.3) is 0 Å². The van der Waals surface area contributed by atoms with Gasteiger partial charge >= 0.3 is 5.97 Å². The van der Waals surface area contributed by atoms with Crippen molar-refractivity contribution in [3.63, 3.8) is 0 Å². The fraction of sp³-hybridized carbons (Fsp3) is 0.714. The Balaban J connectivity index is 1.97. The van der Waals surface area contributed by atoms with Gasteiger partial charge in [0.15, 0.2) is 0 Å². The first-order valence-electron chi connectivity index (χ1n) is 6.63. The molecular weight excluding hydrogens is 230 g/mol. The summed E-state index contributed by atoms with van der Waals surface area (Å²) in [5.74, 6) is -0.479. The second kappa shape index (κ2) is 5.12. The van der Waals surface area contributed by atoms with Gasteiger partial charge in [-0.15, -0.1) is 0 Å². The third-order valence-electron chi connectivity index (χ3n) is 4.23. The molecule has 0 bridgehead atoms. The van der Waals surface area contributed by atoms with Crippen LogP contribution in [0.1, 0.15) is 26.2 Å². The monoisotopic (exact) mass is 251 g/mol. The highest BCUT2D eigenvalue weighted by molar-refractivity contribution is 5.85. The van der Waals surface area contributed by atoms with Crippen molar-refractivity contribution in [3.8, 4) is 0 Å². The molecule has 0 aliphatic heterocycles. The Labute approximate surface area is 108 Å². The highest BCUT2D eigenvalue weighted by atomic mass is 16.4. The number of rotatable bonds is 4. The maximum absolute atomic E-state index is 12.3. The molecule has 4 nitrogen and oxygen atoms in total. The molecule has 0 aromatic rings. The summed E-state index contributed by atoms with van der Waals surface area (Å²) in [6.07, 6.45) is 6.01. The Kier molecular flexibility index (Phi) is 3.73. The molecule has 1 fully saturated rings. The Hall–Kier alpha value is -1.32. The van der Waals surface area contributed by atoms with Crippen molar-refractivity contribution in [3.05, 3.63) is 12.2 Å². The summed E-state index contributed by atoms with van der Waals surface area (Å²) in [6, 6.07) is 0. The van der Waals surface area contributed by atoms with Crippen LogP contribution in [0.4, 0.5) is 0 Å². The normalized spacial score (nSPS) is 34.1. The first-order chi connectivity index (χ1) is 8.50. The molecule has 1 N–H and O–H groups in total. The zero-order valence-corrected chi connectivity index (χ0v) is 11.0. The first-order valence-corrected chi connectivity index (χ1v) is 6.63. The Bertz CT molecular complexity index is 377. The second-order valence-electron chi connectivity index (χ2n) is 5.69. The molecule has 0 saturated heterocycles. The van der Waals surface area contributed by atoms with Gasteiger partial charge in [-0.3, -0.25) is 9.59 Å². The molecule has 2 rings (SSSR count). The fourth-order valence-corrected chi connectivity index (χ4v) is 2.74. The number of aliphatic carboxylic acids is 1. The van der Waals surface area contributed by atoms with Crippen molar-refractivity contribution in [2.24, 2.45) is 23.7 Å². The molecule has 100 valence electrons. The lowest BCUT2D eigenvalue weighted by Gasteiger charge is -2.28. The Morgan fingerprint density at radius 2 is 1.83 bits per heavy atom. The molecule has 2 aliphatic carbocycles. The average Bonchev–Trinajstić information content (AvgIpc) is 3.03. The lowest BCUT2D eigenvalue weighted by atomic mass is 9.82. The van der Waals surface area contributed by atoms with Crippen LogP contribution in [-0.2, 0) is 9.59 Å². The van der Waals surface area contributed by atoms with E-state index in [1.165, 1.54) is 6.42 Å². The van der Waals surface area contributed by atoms with Crippen LogP contribution in [0, 0.1) is 23.7 Å². The highest BCUT2D eigenvalue weighted by Crippen LogP contribution is 2.38. The molecule has 2 unspecified atom stereocenters. The molecule has 0 heterocycles. The van der Waals surface area contributed by atoms with E-state index in [1.807, 2.05) is 12.2 Å². The Morgan fingerprint density at radius 3 is 2.33 bits per heavy atom. The molecule has 0 spiro atoms. The number of hydrogen-bond donors (Lipinski definition) is 1. The predicted molar refractivity (Wildman–Crippen MR) is 67.9 cm³/mol. The van der Waals surface area contributed by atoms with Crippen LogP contribution in [-0.4, -0.2) is 35.5 Å². The molecule has 2 aliphatic rings. The van der Waals surface area contributed by atoms with Gasteiger partial charge in [0.1, 0.15) is 0 Å². The van der Waals surface area contributed by atoms with Crippen LogP contribution in [0.2, 0.25) is 0 Å². The number of carbonyl (C=O) groups excluding carboxylic acids is 1. The van der Waals surface area contributed by atoms with Crippen molar-refractivity contribution in [1.29, 1.82) is 0 Å². The van der Waals surface area contributed by atoms with E-state index in [2.05, 4.69) is 6.92 Å². The van der Waals surface area contributed by atoms with Gasteiger partial charge in [-0.25, -0.2) is 0 Å². The molecule has 0 aromatic carbocycles. The number of carboxylic acid groups (broad SMARTS) is 1. The van der Waals surface area contributed by atoms with Gasteiger partial charge in [-0.2, -0.15) is 0 Å². The molecule has 1 saturated carbocycles. The van der Waals surface area contributed by atoms with E-state index in [1.54, 1.807) is 11.9 Å². The van der Waals surface area contributed by atoms with Crippen molar-refractivity contribution < 1.29 is 14.7 Å². The van der Waals surface area contributed by atoms with Crippen molar-refractivity contribution >= 4 is 11.9 Å². The van der Waals surface area contributed by atoms with Crippen LogP contribution in [0.5, 0.6) is 0 Å². The van der Waals surface area contributed by atoms with Gasteiger partial charge in [0.2, 0.25) is 5.91 Å². The number of carbonyl (C=O) groups is 2. The minimum absolute atomic E-state index is 0.00847. The molecule has 4 atom stereocenters. The van der Waals surface area contributed by atoms with E-state index in [4.69, 9.17) is 0 Å². The smallest absolute Gasteiger partial charge is 0.307 e. The largest absolute Gasteiger partial charge is 0.481 e. The third kappa shape index (κ3) is 2.74. The summed E-state index contributed by atoms with van der Waals surface area (Å²) >= 11 is 0. The van der Waals surface area contributed by atoms with E-state index in [9.17, 15) is 14.7 Å². The lowest BCUT2D eigenvalue weighted by Crippen LogP contribution is -2.40. The maximum atomic E-state index is 12.3. The van der Waals surface area contributed by atoms with Gasteiger partial charge in [0.05, 0.1) is 11.8 Å². The fourth-order valence-electron chi connectivity index (χ4n) is 2.74. The van der Waals surface area contributed by atoms with E-state index >= 15 is 0 Å². The van der Waals surface area contributed by atoms with Gasteiger partial charge in [0.25, 0.3) is 0 Å². The molecule has 4 heteroatoms. The van der Waals surface area contributed by atoms with Gasteiger partial charge in [-0.1, -0.05) is 19.1 Å². The molecule has 0 radical (unpaired) electrons. The number of amides is 1. The minimum atomic E-state index is -0.856. The molecule has 0 aromatic heterocycles. The van der Waals surface area contributed by atoms with Crippen LogP contribution < -0.4 is 0 Å². The second-order valence-corrected chi connectivity index (χ2v) is 5.69. The lowest BCUT2D eigenvalue weighted by molar-refractivity contribution is -0.150. The first kappa shape index (κ1) is 13.1. The van der Waals surface area contributed by atoms with E-state index in [0.29, 0.717) is 24.7 Å². The summed E-state index contributed by atoms with van der Waals surface area (Å²) in [5, 5.41) is 9.17. The van der Waals surface area contributed by atoms with Gasteiger partial charge in [0, 0.05) is 13.6 Å². The van der Waals surface area contributed by atoms with Crippen molar-refractivity contribution in [2.45, 2.75) is 26.2 Å². The molecular formula is C14H21NO3. The van der Waals surface area contributed by atoms with Crippen molar-refractivity contribution in [1.82, 2.24) is 4.90 Å². The zero-order chi connectivity index (χ0) is 13.3. The summed E-state index contributed by atoms with van der Waals surface area (Å²) in [6.45, 7) is 2.96. The predicted octanol–water partition coefficient (Wildman–Crippen LogP) is 1.77. The SMILES string of the molecule is CC1CC1CN(C)C(=O)[C@@H]1CC=CC[C@@H]1C(=O)O. The zero-order valence-electron chi connectivity index (χ0n) is 11.0. The number of carboxylic acids is 1. The number of allylic oxidation sites excluding steroid dienone is 2. The summed E-state index contributed by atoms with van der Waals surface area (Å²) < 4.78 is 0. The van der Waals surface area contributed by atoms with Crippen molar-refractivity contribution in [2.75, 3.05) is 13.6 Å². The van der Waals surface area contributed by atoms with Gasteiger partial charge in [-0.05, 0) is 31.1 Å². The molecule has 1 amide bonds. The molecule has 18 heavy (non-hydrogen) atoms. The van der Waals surface area contributed by atoms with Crippen LogP contribution in [0.15, 0.2) is 12.2 Å². The highest BCUT2D eigenvalue weighted by Gasteiger charge is 2.38.